The lowest BCUT2D eigenvalue weighted by Gasteiger charge is -2.30. The lowest BCUT2D eigenvalue weighted by Crippen LogP contribution is -2.61. The molecule has 88 heavy (non-hydrogen) atoms. The van der Waals surface area contributed by atoms with Crippen LogP contribution in [-0.4, -0.2) is 169 Å². The zero-order valence-electron chi connectivity index (χ0n) is 49.3. The number of imidazole rings is 1. The van der Waals surface area contributed by atoms with E-state index in [1.165, 1.54) is 41.7 Å². The molecule has 470 valence electrons. The number of aromatic hydroxyl groups is 1. The number of phenols is 1. The molecule has 11 amide bonds. The molecule has 2 fully saturated rings. The van der Waals surface area contributed by atoms with E-state index in [2.05, 4.69) is 62.8 Å². The van der Waals surface area contributed by atoms with Gasteiger partial charge in [-0.15, -0.1) is 0 Å². The standard InChI is InChI=1S/C61H78N14O13/c1-4-64-60(87)50-15-10-24-75(50)61(88)43(20-22-51(62)78)68-54(81)44(25-34(2)3)69-55(82)45(26-35-11-6-5-7-12-35)70-56(83)46(27-36-16-18-39(77)19-17-36)71-59(86)49(32-76)74-57(84)47(28-37-30-65-41-14-9-8-13-40(37)41)72-58(85)48(29-38-31-63-33-66-38)73-53(80)42-21-23-52(79)67-42/h5-9,11-14,16-19,30-31,33-34,42-50,65,76-77H,4,10,15,20-29,32H2,1-3H3,(H2,62,78)(H,63,66)(H,64,87)(H,67,79)(H,68,81)(H,69,82)(H,70,83)(H,71,86)(H,72,85)(H,73,80)(H,74,84)/t42-,43+,44+,45-,46+,47+,48+,49+,50+/m1/s1. The van der Waals surface area contributed by atoms with Gasteiger partial charge < -0.3 is 78.7 Å². The summed E-state index contributed by atoms with van der Waals surface area (Å²) >= 11 is 0. The van der Waals surface area contributed by atoms with E-state index in [4.69, 9.17) is 5.73 Å². The van der Waals surface area contributed by atoms with Crippen LogP contribution >= 0.6 is 0 Å². The molecule has 27 nitrogen and oxygen atoms in total. The molecule has 2 aliphatic rings. The zero-order valence-corrected chi connectivity index (χ0v) is 49.3. The number of likely N-dealkylation sites (N-methyl/N-ethyl adjacent to an activating group) is 1. The number of aromatic nitrogens is 3. The van der Waals surface area contributed by atoms with E-state index in [9.17, 15) is 63.0 Å². The lowest BCUT2D eigenvalue weighted by atomic mass is 9.99. The van der Waals surface area contributed by atoms with E-state index in [-0.39, 0.29) is 87.8 Å². The van der Waals surface area contributed by atoms with Crippen LogP contribution in [0.3, 0.4) is 0 Å². The SMILES string of the molecule is CCNC(=O)[C@@H]1CCCN1C(=O)[C@H](CCC(N)=O)NC(=O)[C@H](CC(C)C)NC(=O)[C@@H](Cc1ccccc1)NC(=O)[C@H](Cc1ccc(O)cc1)NC(=O)[C@H](CO)NC(=O)[C@H](Cc1c[nH]c2ccccc12)NC(=O)[C@H](Cc1cnc[nH]1)NC(=O)[C@H]1CCC(=O)N1. The molecule has 9 atom stereocenters. The lowest BCUT2D eigenvalue weighted by molar-refractivity contribution is -0.142. The fraction of sp³-hybridized carbons (Fsp3) is 0.443. The minimum atomic E-state index is -1.78. The monoisotopic (exact) mass is 1210 g/mol. The molecule has 2 aliphatic heterocycles. The van der Waals surface area contributed by atoms with Crippen LogP contribution in [0, 0.1) is 5.92 Å². The van der Waals surface area contributed by atoms with Gasteiger partial charge in [-0.05, 0) is 79.8 Å². The number of carbonyl (C=O) groups excluding carboxylic acids is 11. The van der Waals surface area contributed by atoms with Crippen molar-refractivity contribution < 1.29 is 63.0 Å². The fourth-order valence-corrected chi connectivity index (χ4v) is 10.6. The highest BCUT2D eigenvalue weighted by Gasteiger charge is 2.40. The van der Waals surface area contributed by atoms with Crippen LogP contribution in [0.2, 0.25) is 0 Å². The number of carbonyl (C=O) groups is 11. The second-order valence-corrected chi connectivity index (χ2v) is 22.4. The number of nitrogens with one attached hydrogen (secondary N) is 11. The van der Waals surface area contributed by atoms with Gasteiger partial charge in [0.2, 0.25) is 65.0 Å². The Morgan fingerprint density at radius 2 is 1.23 bits per heavy atom. The first-order chi connectivity index (χ1) is 42.2. The van der Waals surface area contributed by atoms with Gasteiger partial charge in [0.25, 0.3) is 0 Å². The summed E-state index contributed by atoms with van der Waals surface area (Å²) in [6.07, 6.45) is 4.51. The van der Waals surface area contributed by atoms with Gasteiger partial charge in [-0.3, -0.25) is 52.7 Å². The number of likely N-dealkylation sites (tertiary alicyclic amines) is 1. The molecule has 0 bridgehead atoms. The van der Waals surface area contributed by atoms with E-state index in [0.29, 0.717) is 52.7 Å². The van der Waals surface area contributed by atoms with Crippen LogP contribution in [0.15, 0.2) is 97.6 Å². The number of hydrogen-bond acceptors (Lipinski definition) is 14. The number of amides is 11. The minimum absolute atomic E-state index is 0.0370. The summed E-state index contributed by atoms with van der Waals surface area (Å²) < 4.78 is 0. The van der Waals surface area contributed by atoms with E-state index in [0.717, 1.165) is 0 Å². The summed E-state index contributed by atoms with van der Waals surface area (Å²) in [6.45, 7) is 4.86. The van der Waals surface area contributed by atoms with Crippen LogP contribution in [0.1, 0.15) is 88.1 Å². The fourth-order valence-electron chi connectivity index (χ4n) is 10.6. The smallest absolute Gasteiger partial charge is 0.245 e. The molecule has 0 aliphatic carbocycles. The van der Waals surface area contributed by atoms with Gasteiger partial charge in [0.15, 0.2) is 0 Å². The highest BCUT2D eigenvalue weighted by Crippen LogP contribution is 2.22. The molecule has 5 aromatic rings. The predicted molar refractivity (Wildman–Crippen MR) is 319 cm³/mol. The van der Waals surface area contributed by atoms with Crippen molar-refractivity contribution >= 4 is 75.9 Å². The maximum atomic E-state index is 14.8. The van der Waals surface area contributed by atoms with Gasteiger partial charge in [-0.1, -0.05) is 74.5 Å². The number of aliphatic hydroxyl groups excluding tert-OH is 1. The highest BCUT2D eigenvalue weighted by molar-refractivity contribution is 5.99. The Morgan fingerprint density at radius 1 is 0.659 bits per heavy atom. The summed E-state index contributed by atoms with van der Waals surface area (Å²) in [6, 6.07) is 9.50. The van der Waals surface area contributed by atoms with Crippen molar-refractivity contribution in [2.24, 2.45) is 11.7 Å². The molecule has 3 aromatic carbocycles. The first kappa shape index (κ1) is 65.9. The number of aromatic amines is 2. The van der Waals surface area contributed by atoms with Crippen molar-refractivity contribution in [3.63, 3.8) is 0 Å². The second kappa shape index (κ2) is 31.6. The largest absolute Gasteiger partial charge is 0.508 e. The van der Waals surface area contributed by atoms with Crippen LogP contribution < -0.4 is 53.6 Å². The van der Waals surface area contributed by atoms with Crippen molar-refractivity contribution in [1.82, 2.24) is 67.7 Å². The molecule has 2 saturated heterocycles. The number of phenolic OH excluding ortho intramolecular Hbond substituents is 1. The molecular formula is C61H78N14O13. The number of H-pyrrole nitrogens is 2. The molecule has 27 heteroatoms. The minimum Gasteiger partial charge on any atom is -0.508 e. The third-order valence-corrected chi connectivity index (χ3v) is 15.2. The van der Waals surface area contributed by atoms with Crippen molar-refractivity contribution in [2.75, 3.05) is 19.7 Å². The summed E-state index contributed by atoms with van der Waals surface area (Å²) in [5.74, 6) is -8.43. The van der Waals surface area contributed by atoms with Crippen molar-refractivity contribution in [2.45, 2.75) is 146 Å². The average Bonchev–Trinajstić information content (AvgIpc) is 4.57. The van der Waals surface area contributed by atoms with Gasteiger partial charge >= 0.3 is 0 Å². The molecule has 0 spiro atoms. The first-order valence-electron chi connectivity index (χ1n) is 29.4. The second-order valence-electron chi connectivity index (χ2n) is 22.4. The van der Waals surface area contributed by atoms with Crippen molar-refractivity contribution in [1.29, 1.82) is 0 Å². The number of nitrogens with two attached hydrogens (primary N) is 1. The van der Waals surface area contributed by atoms with Crippen LogP contribution in [0.5, 0.6) is 5.75 Å². The van der Waals surface area contributed by atoms with Gasteiger partial charge in [0.1, 0.15) is 60.1 Å². The Bertz CT molecular complexity index is 3270. The van der Waals surface area contributed by atoms with Crippen LogP contribution in [0.25, 0.3) is 10.9 Å². The summed E-state index contributed by atoms with van der Waals surface area (Å²) in [4.78, 5) is 163. The topological polar surface area (TPSA) is 410 Å². The quantitative estimate of drug-likeness (QED) is 0.0253. The number of rotatable bonds is 31. The number of hydrogen-bond donors (Lipinski definition) is 14. The molecule has 2 aromatic heterocycles. The Hall–Kier alpha value is -9.66. The molecule has 0 saturated carbocycles. The normalized spacial score (nSPS) is 17.0. The number of aliphatic hydroxyl groups is 1. The van der Waals surface area contributed by atoms with E-state index >= 15 is 0 Å². The average molecular weight is 1220 g/mol. The number of primary amides is 1. The maximum Gasteiger partial charge on any atom is 0.245 e. The summed E-state index contributed by atoms with van der Waals surface area (Å²) in [5.41, 5.74) is 8.22. The Balaban J connectivity index is 1.13. The summed E-state index contributed by atoms with van der Waals surface area (Å²) in [7, 11) is 0. The zero-order chi connectivity index (χ0) is 63.4. The van der Waals surface area contributed by atoms with Crippen molar-refractivity contribution in [3.8, 4) is 5.75 Å². The number of para-hydroxylation sites is 1. The summed E-state index contributed by atoms with van der Waals surface area (Å²) in [5, 5.41) is 45.7. The van der Waals surface area contributed by atoms with Gasteiger partial charge in [-0.25, -0.2) is 4.98 Å². The molecule has 0 radical (unpaired) electrons. The van der Waals surface area contributed by atoms with E-state index in [1.54, 1.807) is 81.6 Å². The molecule has 0 unspecified atom stereocenters. The van der Waals surface area contributed by atoms with E-state index < -0.39 is 114 Å². The third kappa shape index (κ3) is 18.7. The van der Waals surface area contributed by atoms with Gasteiger partial charge in [0.05, 0.1) is 12.9 Å². The number of benzene rings is 3. The van der Waals surface area contributed by atoms with Gasteiger partial charge in [0, 0.05) is 80.6 Å². The molecule has 4 heterocycles. The predicted octanol–water partition coefficient (Wildman–Crippen LogP) is -1.03. The van der Waals surface area contributed by atoms with Gasteiger partial charge in [-0.2, -0.15) is 0 Å². The van der Waals surface area contributed by atoms with E-state index in [1.807, 2.05) is 0 Å². The Labute approximate surface area is 507 Å². The van der Waals surface area contributed by atoms with Crippen molar-refractivity contribution in [3.05, 3.63) is 120 Å². The van der Waals surface area contributed by atoms with Crippen LogP contribution in [0.4, 0.5) is 0 Å². The number of fused-ring (bicyclic) bond motifs is 1. The Morgan fingerprint density at radius 3 is 1.82 bits per heavy atom. The maximum absolute atomic E-state index is 14.8. The molecular weight excluding hydrogens is 1140 g/mol. The van der Waals surface area contributed by atoms with Crippen LogP contribution in [-0.2, 0) is 78.4 Å². The Kier molecular flexibility index (Phi) is 23.7. The number of nitrogens with zero attached hydrogens (tertiary/aromatic N) is 2. The molecule has 15 N–H and O–H groups in total. The third-order valence-electron chi connectivity index (χ3n) is 15.2. The first-order valence-corrected chi connectivity index (χ1v) is 29.4. The molecule has 7 rings (SSSR count). The highest BCUT2D eigenvalue weighted by atomic mass is 16.3.